The second kappa shape index (κ2) is 10.3. The van der Waals surface area contributed by atoms with E-state index < -0.39 is 0 Å². The minimum atomic E-state index is -0.116. The first-order valence-electron chi connectivity index (χ1n) is 12.2. The number of aliphatic imine (C=N–C) groups is 1. The molecule has 3 aromatic carbocycles. The van der Waals surface area contributed by atoms with Gasteiger partial charge in [0, 0.05) is 17.5 Å². The molecule has 7 nitrogen and oxygen atoms in total. The maximum Gasteiger partial charge on any atom is 0.261 e. The van der Waals surface area contributed by atoms with E-state index in [1.54, 1.807) is 4.90 Å². The SMILES string of the molecule is Cc1cc2nc(NC3=NCN(CCc4ccccc4)CN3C(=O)c3ccccc3)nc(C)c2cc1C. The Hall–Kier alpha value is -4.10. The van der Waals surface area contributed by atoms with Crippen molar-refractivity contribution in [2.45, 2.75) is 27.2 Å². The third-order valence-electron chi connectivity index (χ3n) is 6.57. The van der Waals surface area contributed by atoms with Crippen LogP contribution >= 0.6 is 0 Å². The Morgan fingerprint density at radius 2 is 1.61 bits per heavy atom. The van der Waals surface area contributed by atoms with Crippen molar-refractivity contribution in [3.63, 3.8) is 0 Å². The van der Waals surface area contributed by atoms with Gasteiger partial charge < -0.3 is 0 Å². The number of benzene rings is 3. The minimum Gasteiger partial charge on any atom is -0.294 e. The molecule has 0 spiro atoms. The van der Waals surface area contributed by atoms with Gasteiger partial charge in [-0.15, -0.1) is 0 Å². The Bertz CT molecular complexity index is 1420. The van der Waals surface area contributed by atoms with Crippen LogP contribution in [0.5, 0.6) is 0 Å². The minimum absolute atomic E-state index is 0.116. The zero-order valence-electron chi connectivity index (χ0n) is 20.9. The molecule has 0 atom stereocenters. The summed E-state index contributed by atoms with van der Waals surface area (Å²) in [4.78, 5) is 31.5. The molecule has 182 valence electrons. The number of guanidine groups is 1. The fraction of sp³-hybridized carbons (Fsp3) is 0.241. The van der Waals surface area contributed by atoms with Crippen LogP contribution in [0.2, 0.25) is 0 Å². The number of rotatable bonds is 5. The zero-order chi connectivity index (χ0) is 25.1. The molecule has 7 heteroatoms. The van der Waals surface area contributed by atoms with Gasteiger partial charge in [-0.05, 0) is 68.1 Å². The van der Waals surface area contributed by atoms with Crippen LogP contribution in [0.25, 0.3) is 10.9 Å². The Morgan fingerprint density at radius 1 is 0.917 bits per heavy atom. The Morgan fingerprint density at radius 3 is 2.36 bits per heavy atom. The number of carbonyl (C=O) groups excluding carboxylic acids is 1. The molecule has 0 saturated heterocycles. The van der Waals surface area contributed by atoms with Crippen LogP contribution in [0, 0.1) is 20.8 Å². The molecular weight excluding hydrogens is 448 g/mol. The summed E-state index contributed by atoms with van der Waals surface area (Å²) in [7, 11) is 0. The number of nitrogens with zero attached hydrogens (tertiary/aromatic N) is 5. The lowest BCUT2D eigenvalue weighted by atomic mass is 10.1. The molecule has 4 aromatic rings. The number of aromatic nitrogens is 2. The number of amides is 1. The molecule has 0 bridgehead atoms. The van der Waals surface area contributed by atoms with Gasteiger partial charge in [0.25, 0.3) is 5.91 Å². The quantitative estimate of drug-likeness (QED) is 0.440. The van der Waals surface area contributed by atoms with Gasteiger partial charge in [-0.25, -0.2) is 15.0 Å². The molecule has 0 aliphatic carbocycles. The van der Waals surface area contributed by atoms with Crippen molar-refractivity contribution in [2.24, 2.45) is 4.99 Å². The van der Waals surface area contributed by atoms with Crippen LogP contribution in [-0.2, 0) is 6.42 Å². The maximum atomic E-state index is 13.5. The fourth-order valence-corrected chi connectivity index (χ4v) is 4.34. The molecule has 0 saturated carbocycles. The Labute approximate surface area is 211 Å². The molecule has 0 fully saturated rings. The molecule has 1 N–H and O–H groups in total. The normalized spacial score (nSPS) is 14.1. The molecule has 2 heterocycles. The van der Waals surface area contributed by atoms with Crippen LogP contribution in [0.15, 0.2) is 77.8 Å². The van der Waals surface area contributed by atoms with Gasteiger partial charge in [0.15, 0.2) is 0 Å². The number of anilines is 1. The van der Waals surface area contributed by atoms with Crippen molar-refractivity contribution in [1.29, 1.82) is 0 Å². The van der Waals surface area contributed by atoms with E-state index in [2.05, 4.69) is 53.3 Å². The van der Waals surface area contributed by atoms with E-state index in [0.717, 1.165) is 29.6 Å². The summed E-state index contributed by atoms with van der Waals surface area (Å²) >= 11 is 0. The summed E-state index contributed by atoms with van der Waals surface area (Å²) in [5, 5.41) is 4.28. The highest BCUT2D eigenvalue weighted by atomic mass is 16.2. The van der Waals surface area contributed by atoms with Crippen LogP contribution < -0.4 is 5.32 Å². The van der Waals surface area contributed by atoms with Crippen molar-refractivity contribution in [2.75, 3.05) is 25.2 Å². The van der Waals surface area contributed by atoms with Crippen LogP contribution in [0.1, 0.15) is 32.7 Å². The average Bonchev–Trinajstić information content (AvgIpc) is 2.90. The fourth-order valence-electron chi connectivity index (χ4n) is 4.34. The standard InChI is InChI=1S/C29H30N6O/c1-20-16-25-22(3)31-28(32-26(25)17-21(20)2)33-29-30-18-34(15-14-23-10-6-4-7-11-23)19-35(29)27(36)24-12-8-5-9-13-24/h4-13,16-17H,14-15,18-19H2,1-3H3,(H,30,31,32,33). The van der Waals surface area contributed by atoms with E-state index in [0.29, 0.717) is 30.8 Å². The lowest BCUT2D eigenvalue weighted by Crippen LogP contribution is -2.52. The van der Waals surface area contributed by atoms with Crippen molar-refractivity contribution >= 4 is 28.7 Å². The molecule has 1 amide bonds. The number of carbonyl (C=O) groups is 1. The molecular formula is C29H30N6O. The number of fused-ring (bicyclic) bond motifs is 1. The smallest absolute Gasteiger partial charge is 0.261 e. The van der Waals surface area contributed by atoms with Gasteiger partial charge in [0.05, 0.1) is 24.5 Å². The van der Waals surface area contributed by atoms with E-state index in [-0.39, 0.29) is 5.91 Å². The van der Waals surface area contributed by atoms with E-state index >= 15 is 0 Å². The number of hydrogen-bond donors (Lipinski definition) is 1. The highest BCUT2D eigenvalue weighted by molar-refractivity contribution is 6.09. The lowest BCUT2D eigenvalue weighted by molar-refractivity contribution is 0.0744. The molecule has 0 radical (unpaired) electrons. The number of nitrogens with one attached hydrogen (secondary N) is 1. The second-order valence-corrected chi connectivity index (χ2v) is 9.21. The van der Waals surface area contributed by atoms with Crippen LogP contribution in [0.3, 0.4) is 0 Å². The van der Waals surface area contributed by atoms with Crippen molar-refractivity contribution in [1.82, 2.24) is 19.8 Å². The first-order valence-corrected chi connectivity index (χ1v) is 12.2. The molecule has 0 unspecified atom stereocenters. The van der Waals surface area contributed by atoms with Gasteiger partial charge in [-0.2, -0.15) is 0 Å². The van der Waals surface area contributed by atoms with Crippen molar-refractivity contribution in [3.8, 4) is 0 Å². The largest absolute Gasteiger partial charge is 0.294 e. The Kier molecular flexibility index (Phi) is 6.73. The third-order valence-corrected chi connectivity index (χ3v) is 6.57. The summed E-state index contributed by atoms with van der Waals surface area (Å²) in [6.45, 7) is 7.85. The predicted molar refractivity (Wildman–Crippen MR) is 144 cm³/mol. The molecule has 1 aromatic heterocycles. The van der Waals surface area contributed by atoms with Gasteiger partial charge in [0.2, 0.25) is 11.9 Å². The topological polar surface area (TPSA) is 73.7 Å². The number of aryl methyl sites for hydroxylation is 3. The number of hydrogen-bond acceptors (Lipinski definition) is 6. The van der Waals surface area contributed by atoms with Crippen molar-refractivity contribution in [3.05, 3.63) is 101 Å². The summed E-state index contributed by atoms with van der Waals surface area (Å²) in [6.07, 6.45) is 0.887. The third kappa shape index (κ3) is 5.11. The zero-order valence-corrected chi connectivity index (χ0v) is 20.9. The van der Waals surface area contributed by atoms with Crippen LogP contribution in [-0.4, -0.2) is 51.5 Å². The summed E-state index contributed by atoms with van der Waals surface area (Å²) < 4.78 is 0. The van der Waals surface area contributed by atoms with Gasteiger partial charge >= 0.3 is 0 Å². The highest BCUT2D eigenvalue weighted by Gasteiger charge is 2.28. The molecule has 1 aliphatic heterocycles. The second-order valence-electron chi connectivity index (χ2n) is 9.21. The highest BCUT2D eigenvalue weighted by Crippen LogP contribution is 2.22. The van der Waals surface area contributed by atoms with E-state index in [4.69, 9.17) is 9.98 Å². The van der Waals surface area contributed by atoms with Crippen molar-refractivity contribution < 1.29 is 4.79 Å². The van der Waals surface area contributed by atoms with E-state index in [9.17, 15) is 4.79 Å². The summed E-state index contributed by atoms with van der Waals surface area (Å²) in [5.41, 5.74) is 6.01. The average molecular weight is 479 g/mol. The lowest BCUT2D eigenvalue weighted by Gasteiger charge is -2.34. The summed E-state index contributed by atoms with van der Waals surface area (Å²) in [6, 6.07) is 23.8. The molecule has 5 rings (SSSR count). The van der Waals surface area contributed by atoms with Crippen LogP contribution in [0.4, 0.5) is 5.95 Å². The summed E-state index contributed by atoms with van der Waals surface area (Å²) in [5.74, 6) is 0.781. The molecule has 1 aliphatic rings. The van der Waals surface area contributed by atoms with Gasteiger partial charge in [-0.3, -0.25) is 19.9 Å². The monoisotopic (exact) mass is 478 g/mol. The maximum absolute atomic E-state index is 13.5. The first kappa shape index (κ1) is 23.6. The van der Waals surface area contributed by atoms with E-state index in [1.165, 1.54) is 16.7 Å². The molecule has 36 heavy (non-hydrogen) atoms. The Balaban J connectivity index is 1.42. The van der Waals surface area contributed by atoms with E-state index in [1.807, 2.05) is 55.5 Å². The van der Waals surface area contributed by atoms with Gasteiger partial charge in [-0.1, -0.05) is 48.5 Å². The first-order chi connectivity index (χ1) is 17.5. The predicted octanol–water partition coefficient (Wildman–Crippen LogP) is 4.94. The van der Waals surface area contributed by atoms with Gasteiger partial charge in [0.1, 0.15) is 0 Å².